The van der Waals surface area contributed by atoms with E-state index in [2.05, 4.69) is 32.2 Å². The van der Waals surface area contributed by atoms with Crippen molar-refractivity contribution in [3.8, 4) is 5.75 Å². The van der Waals surface area contributed by atoms with Crippen LogP contribution in [0.4, 0.5) is 0 Å². The number of H-pyrrole nitrogens is 1. The van der Waals surface area contributed by atoms with Crippen LogP contribution < -0.4 is 4.74 Å². The molecule has 1 heterocycles. The zero-order valence-corrected chi connectivity index (χ0v) is 16.4. The van der Waals surface area contributed by atoms with Crippen LogP contribution in [-0.4, -0.2) is 41.2 Å². The molecule has 0 aliphatic rings. The van der Waals surface area contributed by atoms with Crippen molar-refractivity contribution in [1.82, 2.24) is 15.1 Å². The first-order chi connectivity index (χ1) is 11.3. The fraction of sp³-hybridized carbons (Fsp3) is 0.444. The van der Waals surface area contributed by atoms with Gasteiger partial charge in [-0.25, -0.2) is 0 Å². The molecule has 0 unspecified atom stereocenters. The smallest absolute Gasteiger partial charge is 0.275 e. The number of ether oxygens (including phenoxy) is 1. The number of nitrogens with zero attached hydrogens (tertiary/aromatic N) is 2. The van der Waals surface area contributed by atoms with Crippen molar-refractivity contribution in [3.63, 3.8) is 0 Å². The average Bonchev–Trinajstić information content (AvgIpc) is 2.87. The zero-order chi connectivity index (χ0) is 17.9. The first-order valence-electron chi connectivity index (χ1n) is 8.00. The first kappa shape index (κ1) is 18.5. The molecule has 1 amide bonds. The van der Waals surface area contributed by atoms with Gasteiger partial charge in [-0.3, -0.25) is 9.89 Å². The summed E-state index contributed by atoms with van der Waals surface area (Å²) >= 11 is 3.47. The molecule has 0 spiro atoms. The van der Waals surface area contributed by atoms with Gasteiger partial charge in [0.2, 0.25) is 0 Å². The Morgan fingerprint density at radius 2 is 1.92 bits per heavy atom. The number of benzene rings is 1. The van der Waals surface area contributed by atoms with Gasteiger partial charge in [-0.2, -0.15) is 5.10 Å². The molecule has 0 aliphatic heterocycles. The van der Waals surface area contributed by atoms with Crippen LogP contribution >= 0.6 is 15.9 Å². The number of nitrogens with one attached hydrogen (secondary N) is 1. The quantitative estimate of drug-likeness (QED) is 0.804. The number of carbonyl (C=O) groups excluding carboxylic acids is 1. The lowest BCUT2D eigenvalue weighted by atomic mass is 10.1. The normalized spacial score (nSPS) is 11.0. The Hall–Kier alpha value is -1.82. The number of rotatable bonds is 6. The molecule has 1 aromatic carbocycles. The fourth-order valence-electron chi connectivity index (χ4n) is 2.47. The number of aromatic amines is 1. The summed E-state index contributed by atoms with van der Waals surface area (Å²) in [6, 6.07) is 6.09. The highest BCUT2D eigenvalue weighted by molar-refractivity contribution is 9.10. The van der Waals surface area contributed by atoms with E-state index in [9.17, 15) is 4.79 Å². The van der Waals surface area contributed by atoms with Crippen LogP contribution in [0.5, 0.6) is 5.75 Å². The molecule has 1 N–H and O–H groups in total. The Bertz CT molecular complexity index is 705. The molecular formula is C18H24BrN3O2. The molecule has 0 saturated carbocycles. The Labute approximate surface area is 151 Å². The van der Waals surface area contributed by atoms with Crippen LogP contribution in [0.2, 0.25) is 0 Å². The summed E-state index contributed by atoms with van der Waals surface area (Å²) in [5, 5.41) is 7.07. The molecule has 0 atom stereocenters. The van der Waals surface area contributed by atoms with Gasteiger partial charge in [-0.15, -0.1) is 0 Å². The molecule has 0 radical (unpaired) electrons. The molecule has 24 heavy (non-hydrogen) atoms. The molecule has 0 saturated heterocycles. The van der Waals surface area contributed by atoms with Crippen molar-refractivity contribution in [2.75, 3.05) is 20.2 Å². The molecule has 1 aromatic heterocycles. The summed E-state index contributed by atoms with van der Waals surface area (Å²) in [6.45, 7) is 9.10. The predicted molar refractivity (Wildman–Crippen MR) is 98.7 cm³/mol. The van der Waals surface area contributed by atoms with Crippen molar-refractivity contribution in [2.45, 2.75) is 33.6 Å². The number of aryl methyl sites for hydroxylation is 2. The predicted octanol–water partition coefficient (Wildman–Crippen LogP) is 4.06. The maximum Gasteiger partial charge on any atom is 0.275 e. The maximum absolute atomic E-state index is 12.5. The van der Waals surface area contributed by atoms with Crippen LogP contribution in [0, 0.1) is 13.8 Å². The summed E-state index contributed by atoms with van der Waals surface area (Å²) in [4.78, 5) is 14.1. The lowest BCUT2D eigenvalue weighted by Crippen LogP contribution is -2.31. The van der Waals surface area contributed by atoms with Gasteiger partial charge >= 0.3 is 0 Å². The van der Waals surface area contributed by atoms with Crippen LogP contribution in [-0.2, 0) is 0 Å². The first-order valence-corrected chi connectivity index (χ1v) is 8.79. The minimum atomic E-state index is -0.131. The molecule has 2 rings (SSSR count). The number of hydrogen-bond acceptors (Lipinski definition) is 3. The molecule has 0 fully saturated rings. The van der Waals surface area contributed by atoms with Gasteiger partial charge in [0.05, 0.1) is 16.7 Å². The van der Waals surface area contributed by atoms with Crippen molar-refractivity contribution in [1.29, 1.82) is 0 Å². The summed E-state index contributed by atoms with van der Waals surface area (Å²) in [5.74, 6) is 0.970. The highest BCUT2D eigenvalue weighted by Gasteiger charge is 2.22. The van der Waals surface area contributed by atoms with Crippen LogP contribution in [0.15, 0.2) is 22.7 Å². The summed E-state index contributed by atoms with van der Waals surface area (Å²) in [6.07, 6.45) is 0. The monoisotopic (exact) mass is 393 g/mol. The van der Waals surface area contributed by atoms with Crippen molar-refractivity contribution in [3.05, 3.63) is 45.2 Å². The fourth-order valence-corrected chi connectivity index (χ4v) is 3.27. The molecule has 2 aromatic rings. The Balaban J connectivity index is 1.94. The van der Waals surface area contributed by atoms with E-state index in [4.69, 9.17) is 4.74 Å². The minimum Gasteiger partial charge on any atom is -0.492 e. The van der Waals surface area contributed by atoms with Crippen LogP contribution in [0.25, 0.3) is 0 Å². The molecule has 6 heteroatoms. The second kappa shape index (κ2) is 7.83. The largest absolute Gasteiger partial charge is 0.492 e. The second-order valence-electron chi connectivity index (χ2n) is 6.35. The third-order valence-corrected chi connectivity index (χ3v) is 4.55. The minimum absolute atomic E-state index is 0.131. The Morgan fingerprint density at radius 3 is 2.46 bits per heavy atom. The Kier molecular flexibility index (Phi) is 6.04. The second-order valence-corrected chi connectivity index (χ2v) is 7.15. The highest BCUT2D eigenvalue weighted by atomic mass is 79.9. The van der Waals surface area contributed by atoms with Crippen LogP contribution in [0.1, 0.15) is 47.1 Å². The topological polar surface area (TPSA) is 58.2 Å². The van der Waals surface area contributed by atoms with E-state index < -0.39 is 0 Å². The van der Waals surface area contributed by atoms with Gasteiger partial charge in [-0.1, -0.05) is 19.9 Å². The highest BCUT2D eigenvalue weighted by Crippen LogP contribution is 2.26. The maximum atomic E-state index is 12.5. The zero-order valence-electron chi connectivity index (χ0n) is 14.8. The number of halogens is 1. The number of aromatic nitrogens is 2. The van der Waals surface area contributed by atoms with Crippen molar-refractivity contribution >= 4 is 21.8 Å². The number of likely N-dealkylation sites (N-methyl/N-ethyl adjacent to an activating group) is 1. The van der Waals surface area contributed by atoms with E-state index in [1.165, 1.54) is 0 Å². The van der Waals surface area contributed by atoms with E-state index in [0.717, 1.165) is 27.0 Å². The van der Waals surface area contributed by atoms with Gasteiger partial charge in [0.15, 0.2) is 5.69 Å². The van der Waals surface area contributed by atoms with E-state index in [1.807, 2.05) is 39.8 Å². The standard InChI is InChI=1S/C18H24BrN3O2/c1-11(2)16-15(19)17(21-20-16)18(23)22(5)6-7-24-14-9-12(3)8-13(4)10-14/h8-11H,6-7H2,1-5H3,(H,20,21). The summed E-state index contributed by atoms with van der Waals surface area (Å²) < 4.78 is 6.50. The van der Waals surface area contributed by atoms with E-state index >= 15 is 0 Å². The Morgan fingerprint density at radius 1 is 1.29 bits per heavy atom. The van der Waals surface area contributed by atoms with Gasteiger partial charge in [0.1, 0.15) is 12.4 Å². The number of amides is 1. The van der Waals surface area contributed by atoms with E-state index in [1.54, 1.807) is 11.9 Å². The third kappa shape index (κ3) is 4.38. The van der Waals surface area contributed by atoms with Crippen LogP contribution in [0.3, 0.4) is 0 Å². The van der Waals surface area contributed by atoms with E-state index in [0.29, 0.717) is 18.8 Å². The molecule has 5 nitrogen and oxygen atoms in total. The van der Waals surface area contributed by atoms with Crippen molar-refractivity contribution in [2.24, 2.45) is 0 Å². The van der Waals surface area contributed by atoms with Gasteiger partial charge in [-0.05, 0) is 59.0 Å². The third-order valence-electron chi connectivity index (χ3n) is 3.75. The lowest BCUT2D eigenvalue weighted by Gasteiger charge is -2.17. The van der Waals surface area contributed by atoms with E-state index in [-0.39, 0.29) is 11.8 Å². The van der Waals surface area contributed by atoms with Crippen molar-refractivity contribution < 1.29 is 9.53 Å². The number of hydrogen-bond donors (Lipinski definition) is 1. The lowest BCUT2D eigenvalue weighted by molar-refractivity contribution is 0.0767. The molecular weight excluding hydrogens is 370 g/mol. The molecule has 130 valence electrons. The number of carbonyl (C=O) groups is 1. The van der Waals surface area contributed by atoms with Gasteiger partial charge < -0.3 is 9.64 Å². The molecule has 0 bridgehead atoms. The summed E-state index contributed by atoms with van der Waals surface area (Å²) in [7, 11) is 1.75. The van der Waals surface area contributed by atoms with Gasteiger partial charge in [0.25, 0.3) is 5.91 Å². The average molecular weight is 394 g/mol. The summed E-state index contributed by atoms with van der Waals surface area (Å²) in [5.41, 5.74) is 3.66. The SMILES string of the molecule is Cc1cc(C)cc(OCCN(C)C(=O)c2n[nH]c(C(C)C)c2Br)c1. The van der Waals surface area contributed by atoms with Gasteiger partial charge in [0, 0.05) is 7.05 Å². The molecule has 0 aliphatic carbocycles.